The van der Waals surface area contributed by atoms with Crippen LogP contribution in [0.4, 0.5) is 0 Å². The molecule has 3 aromatic rings. The molecule has 31 heavy (non-hydrogen) atoms. The summed E-state index contributed by atoms with van der Waals surface area (Å²) in [5.41, 5.74) is 6.14. The van der Waals surface area contributed by atoms with E-state index in [-0.39, 0.29) is 18.3 Å². The van der Waals surface area contributed by atoms with Crippen LogP contribution in [0.25, 0.3) is 0 Å². The molecule has 2 heterocycles. The van der Waals surface area contributed by atoms with Gasteiger partial charge in [0, 0.05) is 6.42 Å². The summed E-state index contributed by atoms with van der Waals surface area (Å²) < 4.78 is 24.5. The number of hydrogen-bond donors (Lipinski definition) is 0. The van der Waals surface area contributed by atoms with Gasteiger partial charge in [0.15, 0.2) is 0 Å². The Labute approximate surface area is 183 Å². The van der Waals surface area contributed by atoms with Crippen LogP contribution >= 0.6 is 0 Å². The number of ether oxygens (including phenoxy) is 4. The highest BCUT2D eigenvalue weighted by Crippen LogP contribution is 2.37. The second-order valence-electron chi connectivity index (χ2n) is 8.51. The van der Waals surface area contributed by atoms with Crippen LogP contribution in [0, 0.1) is 13.8 Å². The van der Waals surface area contributed by atoms with E-state index in [0.717, 1.165) is 17.9 Å². The zero-order valence-electron chi connectivity index (χ0n) is 18.0. The summed E-state index contributed by atoms with van der Waals surface area (Å²) >= 11 is 0. The van der Waals surface area contributed by atoms with Crippen molar-refractivity contribution >= 4 is 0 Å². The molecule has 3 atom stereocenters. The lowest BCUT2D eigenvalue weighted by molar-refractivity contribution is -0.0107. The van der Waals surface area contributed by atoms with Crippen LogP contribution in [0.5, 0.6) is 11.5 Å². The third-order valence-electron chi connectivity index (χ3n) is 6.06. The standard InChI is InChI=1S/C27H28O4/c1-18-3-9-23(10-4-18)29-17-27-26(30-24-11-5-19(2)6-12-24)14-25(31-27)20-7-8-21-15-28-16-22(21)13-20/h3-13,25-27H,14-17H2,1-2H3/t25-,26+,27-/m1/s1. The summed E-state index contributed by atoms with van der Waals surface area (Å²) in [5.74, 6) is 1.71. The SMILES string of the molecule is Cc1ccc(OC[C@H]2O[C@@H](c3ccc4c(c3)COC4)C[C@@H]2Oc2ccc(C)cc2)cc1. The fourth-order valence-corrected chi connectivity index (χ4v) is 4.20. The van der Waals surface area contributed by atoms with E-state index in [0.29, 0.717) is 19.8 Å². The second-order valence-corrected chi connectivity index (χ2v) is 8.51. The first-order valence-corrected chi connectivity index (χ1v) is 10.9. The highest BCUT2D eigenvalue weighted by atomic mass is 16.6. The van der Waals surface area contributed by atoms with Gasteiger partial charge in [-0.3, -0.25) is 0 Å². The van der Waals surface area contributed by atoms with E-state index in [1.807, 2.05) is 24.3 Å². The van der Waals surface area contributed by atoms with E-state index in [2.05, 4.69) is 56.3 Å². The first-order valence-electron chi connectivity index (χ1n) is 10.9. The Bertz CT molecular complexity index is 1030. The lowest BCUT2D eigenvalue weighted by Crippen LogP contribution is -2.32. The van der Waals surface area contributed by atoms with Gasteiger partial charge in [-0.2, -0.15) is 0 Å². The van der Waals surface area contributed by atoms with E-state index in [4.69, 9.17) is 18.9 Å². The van der Waals surface area contributed by atoms with Gasteiger partial charge in [0.2, 0.25) is 0 Å². The molecule has 5 rings (SSSR count). The highest BCUT2D eigenvalue weighted by molar-refractivity contribution is 5.35. The Balaban J connectivity index is 1.33. The maximum absolute atomic E-state index is 6.47. The molecule has 0 bridgehead atoms. The van der Waals surface area contributed by atoms with Crippen molar-refractivity contribution in [3.05, 3.63) is 94.5 Å². The van der Waals surface area contributed by atoms with Gasteiger partial charge in [0.25, 0.3) is 0 Å². The number of hydrogen-bond acceptors (Lipinski definition) is 4. The van der Waals surface area contributed by atoms with Gasteiger partial charge in [0.05, 0.1) is 19.3 Å². The van der Waals surface area contributed by atoms with Crippen LogP contribution in [0.2, 0.25) is 0 Å². The molecule has 0 spiro atoms. The van der Waals surface area contributed by atoms with Gasteiger partial charge in [-0.1, -0.05) is 53.6 Å². The molecule has 1 fully saturated rings. The minimum atomic E-state index is -0.155. The van der Waals surface area contributed by atoms with Crippen molar-refractivity contribution in [2.45, 2.75) is 51.8 Å². The number of aryl methyl sites for hydroxylation is 2. The third-order valence-corrected chi connectivity index (χ3v) is 6.06. The van der Waals surface area contributed by atoms with Crippen molar-refractivity contribution in [3.63, 3.8) is 0 Å². The zero-order valence-corrected chi connectivity index (χ0v) is 18.0. The highest BCUT2D eigenvalue weighted by Gasteiger charge is 2.38. The maximum Gasteiger partial charge on any atom is 0.131 e. The molecule has 2 aliphatic heterocycles. The molecule has 1 saturated heterocycles. The van der Waals surface area contributed by atoms with Crippen molar-refractivity contribution in [1.82, 2.24) is 0 Å². The topological polar surface area (TPSA) is 36.9 Å². The van der Waals surface area contributed by atoms with Crippen molar-refractivity contribution in [2.75, 3.05) is 6.61 Å². The Morgan fingerprint density at radius 1 is 0.806 bits per heavy atom. The fraction of sp³-hybridized carbons (Fsp3) is 0.333. The number of fused-ring (bicyclic) bond motifs is 1. The predicted octanol–water partition coefficient (Wildman–Crippen LogP) is 5.69. The molecular formula is C27H28O4. The maximum atomic E-state index is 6.47. The summed E-state index contributed by atoms with van der Waals surface area (Å²) in [7, 11) is 0. The number of benzene rings is 3. The van der Waals surface area contributed by atoms with Gasteiger partial charge in [-0.05, 0) is 54.8 Å². The largest absolute Gasteiger partial charge is 0.491 e. The quantitative estimate of drug-likeness (QED) is 0.517. The minimum absolute atomic E-state index is 0.0204. The summed E-state index contributed by atoms with van der Waals surface area (Å²) in [6.07, 6.45) is 0.530. The van der Waals surface area contributed by atoms with Crippen molar-refractivity contribution < 1.29 is 18.9 Å². The van der Waals surface area contributed by atoms with Gasteiger partial charge < -0.3 is 18.9 Å². The van der Waals surface area contributed by atoms with Crippen LogP contribution in [-0.4, -0.2) is 18.8 Å². The summed E-state index contributed by atoms with van der Waals surface area (Å²) in [5, 5.41) is 0. The Kier molecular flexibility index (Phi) is 5.66. The lowest BCUT2D eigenvalue weighted by atomic mass is 10.00. The van der Waals surface area contributed by atoms with Gasteiger partial charge >= 0.3 is 0 Å². The average molecular weight is 417 g/mol. The smallest absolute Gasteiger partial charge is 0.131 e. The molecule has 0 amide bonds. The van der Waals surface area contributed by atoms with Crippen molar-refractivity contribution in [2.24, 2.45) is 0 Å². The molecule has 4 nitrogen and oxygen atoms in total. The van der Waals surface area contributed by atoms with Crippen LogP contribution in [0.15, 0.2) is 66.7 Å². The summed E-state index contributed by atoms with van der Waals surface area (Å²) in [6.45, 7) is 5.98. The molecule has 2 aliphatic rings. The van der Waals surface area contributed by atoms with E-state index < -0.39 is 0 Å². The molecule has 0 N–H and O–H groups in total. The van der Waals surface area contributed by atoms with Crippen molar-refractivity contribution in [1.29, 1.82) is 0 Å². The molecule has 3 aromatic carbocycles. The Morgan fingerprint density at radius 2 is 1.48 bits per heavy atom. The van der Waals surface area contributed by atoms with Crippen LogP contribution in [-0.2, 0) is 22.7 Å². The zero-order chi connectivity index (χ0) is 21.2. The predicted molar refractivity (Wildman–Crippen MR) is 119 cm³/mol. The first kappa shape index (κ1) is 20.1. The van der Waals surface area contributed by atoms with Crippen molar-refractivity contribution in [3.8, 4) is 11.5 Å². The first-order chi connectivity index (χ1) is 15.1. The molecule has 4 heteroatoms. The fourth-order valence-electron chi connectivity index (χ4n) is 4.20. The van der Waals surface area contributed by atoms with Gasteiger partial charge in [0.1, 0.15) is 30.3 Å². The molecule has 0 aliphatic carbocycles. The lowest BCUT2D eigenvalue weighted by Gasteiger charge is -2.20. The Morgan fingerprint density at radius 3 is 2.23 bits per heavy atom. The van der Waals surface area contributed by atoms with E-state index in [1.165, 1.54) is 27.8 Å². The van der Waals surface area contributed by atoms with E-state index >= 15 is 0 Å². The average Bonchev–Trinajstić information content (AvgIpc) is 3.41. The molecular weight excluding hydrogens is 388 g/mol. The van der Waals surface area contributed by atoms with E-state index in [1.54, 1.807) is 0 Å². The van der Waals surface area contributed by atoms with Crippen LogP contribution < -0.4 is 9.47 Å². The third kappa shape index (κ3) is 4.60. The molecule has 160 valence electrons. The molecule has 0 aromatic heterocycles. The minimum Gasteiger partial charge on any atom is -0.491 e. The molecule has 0 radical (unpaired) electrons. The number of rotatable bonds is 6. The summed E-state index contributed by atoms with van der Waals surface area (Å²) in [6, 6.07) is 22.8. The van der Waals surface area contributed by atoms with Crippen LogP contribution in [0.3, 0.4) is 0 Å². The van der Waals surface area contributed by atoms with Crippen LogP contribution in [0.1, 0.15) is 40.3 Å². The van der Waals surface area contributed by atoms with Gasteiger partial charge in [-0.15, -0.1) is 0 Å². The Hall–Kier alpha value is -2.82. The van der Waals surface area contributed by atoms with Gasteiger partial charge in [-0.25, -0.2) is 0 Å². The summed E-state index contributed by atoms with van der Waals surface area (Å²) in [4.78, 5) is 0. The monoisotopic (exact) mass is 416 g/mol. The molecule has 0 unspecified atom stereocenters. The molecule has 0 saturated carbocycles. The normalized spacial score (nSPS) is 22.3. The second kappa shape index (κ2) is 8.74. The van der Waals surface area contributed by atoms with E-state index in [9.17, 15) is 0 Å².